The molecule has 2 nitrogen and oxygen atoms in total. The Kier molecular flexibility index (Phi) is 2.74. The highest BCUT2D eigenvalue weighted by atomic mass is 19.1. The first-order valence-corrected chi connectivity index (χ1v) is 4.56. The van der Waals surface area contributed by atoms with E-state index in [9.17, 15) is 8.78 Å². The molecular formula is C10H11F2NO. The van der Waals surface area contributed by atoms with Crippen LogP contribution in [-0.4, -0.2) is 12.6 Å². The molecule has 1 heterocycles. The first-order chi connectivity index (χ1) is 6.74. The summed E-state index contributed by atoms with van der Waals surface area (Å²) in [5, 5.41) is 0. The summed E-state index contributed by atoms with van der Waals surface area (Å²) in [6.07, 6.45) is 1.47. The second-order valence-electron chi connectivity index (χ2n) is 3.43. The maximum absolute atomic E-state index is 12.8. The predicted molar refractivity (Wildman–Crippen MR) is 47.6 cm³/mol. The third kappa shape index (κ3) is 2.27. The van der Waals surface area contributed by atoms with Gasteiger partial charge in [-0.15, -0.1) is 0 Å². The SMILES string of the molecule is Fc1cc(F)cc(CC2CCON2)c1. The van der Waals surface area contributed by atoms with Crippen LogP contribution < -0.4 is 5.48 Å². The molecule has 0 saturated carbocycles. The second kappa shape index (κ2) is 4.02. The van der Waals surface area contributed by atoms with Crippen molar-refractivity contribution in [2.24, 2.45) is 0 Å². The maximum atomic E-state index is 12.8. The van der Waals surface area contributed by atoms with Crippen LogP contribution in [0.1, 0.15) is 12.0 Å². The molecule has 1 aromatic carbocycles. The van der Waals surface area contributed by atoms with E-state index in [4.69, 9.17) is 4.84 Å². The summed E-state index contributed by atoms with van der Waals surface area (Å²) in [6.45, 7) is 0.655. The van der Waals surface area contributed by atoms with Gasteiger partial charge < -0.3 is 4.84 Å². The van der Waals surface area contributed by atoms with E-state index in [1.165, 1.54) is 12.1 Å². The van der Waals surface area contributed by atoms with Crippen LogP contribution in [0.3, 0.4) is 0 Å². The molecule has 0 aliphatic carbocycles. The summed E-state index contributed by atoms with van der Waals surface area (Å²) < 4.78 is 25.6. The van der Waals surface area contributed by atoms with Crippen molar-refractivity contribution in [2.75, 3.05) is 6.61 Å². The van der Waals surface area contributed by atoms with Crippen LogP contribution in [0, 0.1) is 11.6 Å². The minimum absolute atomic E-state index is 0.163. The van der Waals surface area contributed by atoms with E-state index in [2.05, 4.69) is 5.48 Å². The summed E-state index contributed by atoms with van der Waals surface area (Å²) in [7, 11) is 0. The van der Waals surface area contributed by atoms with Gasteiger partial charge in [-0.1, -0.05) is 0 Å². The van der Waals surface area contributed by atoms with E-state index in [0.717, 1.165) is 12.5 Å². The van der Waals surface area contributed by atoms with Crippen molar-refractivity contribution in [3.05, 3.63) is 35.4 Å². The Hall–Kier alpha value is -1.00. The lowest BCUT2D eigenvalue weighted by Crippen LogP contribution is -2.22. The number of halogens is 2. The molecule has 0 aromatic heterocycles. The highest BCUT2D eigenvalue weighted by Crippen LogP contribution is 2.13. The van der Waals surface area contributed by atoms with Gasteiger partial charge in [-0.25, -0.2) is 8.78 Å². The fourth-order valence-electron chi connectivity index (χ4n) is 1.59. The van der Waals surface area contributed by atoms with Crippen molar-refractivity contribution in [1.29, 1.82) is 0 Å². The van der Waals surface area contributed by atoms with Crippen LogP contribution in [0.4, 0.5) is 8.78 Å². The molecule has 0 radical (unpaired) electrons. The third-order valence-electron chi connectivity index (χ3n) is 2.22. The van der Waals surface area contributed by atoms with Crippen molar-refractivity contribution < 1.29 is 13.6 Å². The summed E-state index contributed by atoms with van der Waals surface area (Å²) in [5.41, 5.74) is 3.46. The van der Waals surface area contributed by atoms with Crippen LogP contribution in [0.2, 0.25) is 0 Å². The Bertz CT molecular complexity index is 304. The molecule has 76 valence electrons. The van der Waals surface area contributed by atoms with Crippen molar-refractivity contribution in [2.45, 2.75) is 18.9 Å². The van der Waals surface area contributed by atoms with E-state index in [1.807, 2.05) is 0 Å². The van der Waals surface area contributed by atoms with Crippen LogP contribution in [0.25, 0.3) is 0 Å². The van der Waals surface area contributed by atoms with Gasteiger partial charge in [0.1, 0.15) is 11.6 Å². The molecule has 1 unspecified atom stereocenters. The zero-order valence-corrected chi connectivity index (χ0v) is 7.59. The topological polar surface area (TPSA) is 21.3 Å². The Morgan fingerprint density at radius 2 is 2.00 bits per heavy atom. The number of rotatable bonds is 2. The zero-order valence-electron chi connectivity index (χ0n) is 7.59. The molecule has 14 heavy (non-hydrogen) atoms. The molecule has 2 rings (SSSR count). The van der Waals surface area contributed by atoms with Gasteiger partial charge >= 0.3 is 0 Å². The average Bonchev–Trinajstić information content (AvgIpc) is 2.54. The first kappa shape index (κ1) is 9.55. The molecule has 4 heteroatoms. The lowest BCUT2D eigenvalue weighted by molar-refractivity contribution is 0.0882. The van der Waals surface area contributed by atoms with Crippen LogP contribution >= 0.6 is 0 Å². The summed E-state index contributed by atoms with van der Waals surface area (Å²) in [5.74, 6) is -1.06. The molecule has 1 aliphatic rings. The molecule has 1 N–H and O–H groups in total. The molecule has 0 amide bonds. The zero-order chi connectivity index (χ0) is 9.97. The minimum Gasteiger partial charge on any atom is -0.301 e. The Morgan fingerprint density at radius 3 is 2.57 bits per heavy atom. The normalized spacial score (nSPS) is 21.4. The fourth-order valence-corrected chi connectivity index (χ4v) is 1.59. The molecule has 0 bridgehead atoms. The van der Waals surface area contributed by atoms with Gasteiger partial charge in [-0.05, 0) is 30.5 Å². The van der Waals surface area contributed by atoms with Gasteiger partial charge in [-0.3, -0.25) is 0 Å². The van der Waals surface area contributed by atoms with E-state index < -0.39 is 11.6 Å². The van der Waals surface area contributed by atoms with E-state index >= 15 is 0 Å². The Balaban J connectivity index is 2.07. The monoisotopic (exact) mass is 199 g/mol. The molecule has 1 fully saturated rings. The largest absolute Gasteiger partial charge is 0.301 e. The van der Waals surface area contributed by atoms with Crippen LogP contribution in [-0.2, 0) is 11.3 Å². The van der Waals surface area contributed by atoms with Gasteiger partial charge in [0.15, 0.2) is 0 Å². The van der Waals surface area contributed by atoms with E-state index in [1.54, 1.807) is 0 Å². The number of nitrogens with one attached hydrogen (secondary N) is 1. The Morgan fingerprint density at radius 1 is 1.29 bits per heavy atom. The Labute approximate surface area is 80.8 Å². The number of benzene rings is 1. The quantitative estimate of drug-likeness (QED) is 0.784. The van der Waals surface area contributed by atoms with Crippen LogP contribution in [0.5, 0.6) is 0 Å². The standard InChI is InChI=1S/C10H11F2NO/c11-8-3-7(4-9(12)6-8)5-10-1-2-14-13-10/h3-4,6,10,13H,1-2,5H2. The van der Waals surface area contributed by atoms with Gasteiger partial charge in [-0.2, -0.15) is 5.48 Å². The van der Waals surface area contributed by atoms with Crippen molar-refractivity contribution >= 4 is 0 Å². The molecule has 1 atom stereocenters. The first-order valence-electron chi connectivity index (χ1n) is 4.56. The highest BCUT2D eigenvalue weighted by Gasteiger charge is 2.15. The lowest BCUT2D eigenvalue weighted by Gasteiger charge is -2.08. The number of hydrogen-bond donors (Lipinski definition) is 1. The van der Waals surface area contributed by atoms with Gasteiger partial charge in [0.25, 0.3) is 0 Å². The molecular weight excluding hydrogens is 188 g/mol. The predicted octanol–water partition coefficient (Wildman–Crippen LogP) is 1.80. The van der Waals surface area contributed by atoms with E-state index in [-0.39, 0.29) is 6.04 Å². The van der Waals surface area contributed by atoms with Crippen molar-refractivity contribution in [3.8, 4) is 0 Å². The number of hydrogen-bond acceptors (Lipinski definition) is 2. The molecule has 1 aliphatic heterocycles. The summed E-state index contributed by atoms with van der Waals surface area (Å²) in [4.78, 5) is 4.95. The van der Waals surface area contributed by atoms with Gasteiger partial charge in [0.2, 0.25) is 0 Å². The molecule has 1 saturated heterocycles. The summed E-state index contributed by atoms with van der Waals surface area (Å²) >= 11 is 0. The van der Waals surface area contributed by atoms with Crippen LogP contribution in [0.15, 0.2) is 18.2 Å². The smallest absolute Gasteiger partial charge is 0.126 e. The molecule has 1 aromatic rings. The molecule has 0 spiro atoms. The lowest BCUT2D eigenvalue weighted by atomic mass is 10.0. The fraction of sp³-hybridized carbons (Fsp3) is 0.400. The van der Waals surface area contributed by atoms with E-state index in [0.29, 0.717) is 18.6 Å². The average molecular weight is 199 g/mol. The minimum atomic E-state index is -0.529. The maximum Gasteiger partial charge on any atom is 0.126 e. The third-order valence-corrected chi connectivity index (χ3v) is 2.22. The second-order valence-corrected chi connectivity index (χ2v) is 3.43. The van der Waals surface area contributed by atoms with Crippen molar-refractivity contribution in [3.63, 3.8) is 0 Å². The summed E-state index contributed by atoms with van der Waals surface area (Å²) in [6, 6.07) is 3.74. The number of hydroxylamine groups is 1. The van der Waals surface area contributed by atoms with Gasteiger partial charge in [0, 0.05) is 12.1 Å². The van der Waals surface area contributed by atoms with Gasteiger partial charge in [0.05, 0.1) is 6.61 Å². The highest BCUT2D eigenvalue weighted by molar-refractivity contribution is 5.18. The van der Waals surface area contributed by atoms with Crippen molar-refractivity contribution in [1.82, 2.24) is 5.48 Å².